The third kappa shape index (κ3) is 7.96. The van der Waals surface area contributed by atoms with Gasteiger partial charge < -0.3 is 11.1 Å². The van der Waals surface area contributed by atoms with E-state index in [1.807, 2.05) is 6.08 Å². The van der Waals surface area contributed by atoms with Gasteiger partial charge in [0.05, 0.1) is 0 Å². The predicted octanol–water partition coefficient (Wildman–Crippen LogP) is 0.433. The van der Waals surface area contributed by atoms with Crippen LogP contribution in [0.15, 0.2) is 12.7 Å². The maximum atomic E-state index is 5.37. The third-order valence-corrected chi connectivity index (χ3v) is 1.85. The number of rotatable bonds is 9. The van der Waals surface area contributed by atoms with Gasteiger partial charge in [-0.1, -0.05) is 13.0 Å². The average molecular weight is 185 g/mol. The van der Waals surface area contributed by atoms with Crippen molar-refractivity contribution in [2.24, 2.45) is 5.73 Å². The second-order valence-electron chi connectivity index (χ2n) is 3.13. The van der Waals surface area contributed by atoms with Gasteiger partial charge in [0.2, 0.25) is 0 Å². The molecule has 3 heteroatoms. The quantitative estimate of drug-likeness (QED) is 0.404. The van der Waals surface area contributed by atoms with Crippen molar-refractivity contribution in [1.82, 2.24) is 10.2 Å². The Morgan fingerprint density at radius 2 is 2.15 bits per heavy atom. The maximum Gasteiger partial charge on any atom is 0.0161 e. The summed E-state index contributed by atoms with van der Waals surface area (Å²) in [6.45, 7) is 11.8. The molecule has 0 radical (unpaired) electrons. The van der Waals surface area contributed by atoms with E-state index in [-0.39, 0.29) is 0 Å². The molecule has 0 aromatic heterocycles. The van der Waals surface area contributed by atoms with Crippen molar-refractivity contribution in [2.45, 2.75) is 13.3 Å². The van der Waals surface area contributed by atoms with E-state index in [0.29, 0.717) is 0 Å². The predicted molar refractivity (Wildman–Crippen MR) is 58.9 cm³/mol. The molecular formula is C10H23N3. The summed E-state index contributed by atoms with van der Waals surface area (Å²) < 4.78 is 0. The molecule has 0 bridgehead atoms. The van der Waals surface area contributed by atoms with Crippen LogP contribution in [0.5, 0.6) is 0 Å². The van der Waals surface area contributed by atoms with Crippen molar-refractivity contribution >= 4 is 0 Å². The van der Waals surface area contributed by atoms with Gasteiger partial charge in [-0.05, 0) is 13.0 Å². The summed E-state index contributed by atoms with van der Waals surface area (Å²) in [6.07, 6.45) is 3.16. The fourth-order valence-electron chi connectivity index (χ4n) is 1.26. The molecule has 0 spiro atoms. The van der Waals surface area contributed by atoms with Crippen LogP contribution in [0.1, 0.15) is 13.3 Å². The van der Waals surface area contributed by atoms with Gasteiger partial charge in [-0.15, -0.1) is 6.58 Å². The molecule has 0 rings (SSSR count). The van der Waals surface area contributed by atoms with E-state index in [4.69, 9.17) is 5.73 Å². The summed E-state index contributed by atoms with van der Waals surface area (Å²) >= 11 is 0. The van der Waals surface area contributed by atoms with Gasteiger partial charge in [-0.2, -0.15) is 0 Å². The Hall–Kier alpha value is -0.380. The lowest BCUT2D eigenvalue weighted by molar-refractivity contribution is 0.302. The molecule has 0 aromatic carbocycles. The molecule has 0 aliphatic heterocycles. The van der Waals surface area contributed by atoms with Gasteiger partial charge in [0.25, 0.3) is 0 Å². The Morgan fingerprint density at radius 1 is 1.38 bits per heavy atom. The number of hydrogen-bond donors (Lipinski definition) is 2. The second-order valence-corrected chi connectivity index (χ2v) is 3.13. The van der Waals surface area contributed by atoms with Crippen LogP contribution in [0.2, 0.25) is 0 Å². The van der Waals surface area contributed by atoms with Crippen molar-refractivity contribution in [2.75, 3.05) is 39.3 Å². The summed E-state index contributed by atoms with van der Waals surface area (Å²) in [5.41, 5.74) is 5.37. The van der Waals surface area contributed by atoms with E-state index in [1.165, 1.54) is 6.42 Å². The van der Waals surface area contributed by atoms with Gasteiger partial charge in [-0.3, -0.25) is 4.90 Å². The highest BCUT2D eigenvalue weighted by molar-refractivity contribution is 4.73. The van der Waals surface area contributed by atoms with Crippen LogP contribution in [-0.2, 0) is 0 Å². The first-order valence-corrected chi connectivity index (χ1v) is 5.09. The van der Waals surface area contributed by atoms with E-state index in [2.05, 4.69) is 23.7 Å². The molecule has 3 N–H and O–H groups in total. The zero-order valence-electron chi connectivity index (χ0n) is 8.76. The normalized spacial score (nSPS) is 10.7. The van der Waals surface area contributed by atoms with Crippen molar-refractivity contribution < 1.29 is 0 Å². The van der Waals surface area contributed by atoms with Crippen molar-refractivity contribution in [3.63, 3.8) is 0 Å². The zero-order valence-corrected chi connectivity index (χ0v) is 8.76. The molecule has 0 fully saturated rings. The summed E-state index contributed by atoms with van der Waals surface area (Å²) in [5.74, 6) is 0. The lowest BCUT2D eigenvalue weighted by Gasteiger charge is -2.19. The maximum absolute atomic E-state index is 5.37. The standard InChI is InChI=1S/C10H23N3/c1-3-8-13(9-4-2)10-7-12-6-5-11/h3,12H,1,4-11H2,2H3. The van der Waals surface area contributed by atoms with Gasteiger partial charge in [0.15, 0.2) is 0 Å². The second kappa shape index (κ2) is 9.71. The molecule has 13 heavy (non-hydrogen) atoms. The molecule has 0 aromatic rings. The number of nitrogens with zero attached hydrogens (tertiary/aromatic N) is 1. The lowest BCUT2D eigenvalue weighted by atomic mass is 10.4. The zero-order chi connectivity index (χ0) is 9.94. The molecule has 0 amide bonds. The van der Waals surface area contributed by atoms with Crippen LogP contribution in [-0.4, -0.2) is 44.2 Å². The van der Waals surface area contributed by atoms with E-state index in [1.54, 1.807) is 0 Å². The van der Waals surface area contributed by atoms with Crippen LogP contribution in [0.25, 0.3) is 0 Å². The van der Waals surface area contributed by atoms with E-state index < -0.39 is 0 Å². The monoisotopic (exact) mass is 185 g/mol. The number of hydrogen-bond acceptors (Lipinski definition) is 3. The first-order chi connectivity index (χ1) is 6.35. The molecule has 0 saturated carbocycles. The largest absolute Gasteiger partial charge is 0.329 e. The van der Waals surface area contributed by atoms with Crippen molar-refractivity contribution in [1.29, 1.82) is 0 Å². The lowest BCUT2D eigenvalue weighted by Crippen LogP contribution is -2.34. The van der Waals surface area contributed by atoms with E-state index in [9.17, 15) is 0 Å². The smallest absolute Gasteiger partial charge is 0.0161 e. The molecule has 0 heterocycles. The summed E-state index contributed by atoms with van der Waals surface area (Å²) in [6, 6.07) is 0. The van der Waals surface area contributed by atoms with Crippen LogP contribution >= 0.6 is 0 Å². The van der Waals surface area contributed by atoms with Crippen LogP contribution in [0.4, 0.5) is 0 Å². The highest BCUT2D eigenvalue weighted by Crippen LogP contribution is 1.89. The van der Waals surface area contributed by atoms with Crippen LogP contribution in [0.3, 0.4) is 0 Å². The van der Waals surface area contributed by atoms with E-state index >= 15 is 0 Å². The molecule has 78 valence electrons. The fraction of sp³-hybridized carbons (Fsp3) is 0.800. The third-order valence-electron chi connectivity index (χ3n) is 1.85. The minimum Gasteiger partial charge on any atom is -0.329 e. The highest BCUT2D eigenvalue weighted by atomic mass is 15.1. The summed E-state index contributed by atoms with van der Waals surface area (Å²) in [5, 5.41) is 3.28. The molecule has 0 saturated heterocycles. The van der Waals surface area contributed by atoms with Crippen molar-refractivity contribution in [3.05, 3.63) is 12.7 Å². The van der Waals surface area contributed by atoms with Crippen molar-refractivity contribution in [3.8, 4) is 0 Å². The Bertz CT molecular complexity index is 115. The molecular weight excluding hydrogens is 162 g/mol. The van der Waals surface area contributed by atoms with Gasteiger partial charge in [0, 0.05) is 32.7 Å². The van der Waals surface area contributed by atoms with Gasteiger partial charge in [-0.25, -0.2) is 0 Å². The first kappa shape index (κ1) is 12.6. The summed E-state index contributed by atoms with van der Waals surface area (Å²) in [7, 11) is 0. The molecule has 3 nitrogen and oxygen atoms in total. The minimum atomic E-state index is 0.717. The number of nitrogens with one attached hydrogen (secondary N) is 1. The topological polar surface area (TPSA) is 41.3 Å². The average Bonchev–Trinajstić information content (AvgIpc) is 2.13. The Kier molecular flexibility index (Phi) is 9.42. The number of nitrogens with two attached hydrogens (primary N) is 1. The molecule has 0 atom stereocenters. The van der Waals surface area contributed by atoms with Gasteiger partial charge in [0.1, 0.15) is 0 Å². The van der Waals surface area contributed by atoms with Crippen LogP contribution < -0.4 is 11.1 Å². The van der Waals surface area contributed by atoms with Gasteiger partial charge >= 0.3 is 0 Å². The fourth-order valence-corrected chi connectivity index (χ4v) is 1.26. The minimum absolute atomic E-state index is 0.717. The van der Waals surface area contributed by atoms with Crippen LogP contribution in [0, 0.1) is 0 Å². The highest BCUT2D eigenvalue weighted by Gasteiger charge is 1.99. The molecule has 0 aliphatic rings. The SMILES string of the molecule is C=CCN(CCC)CCNCCN. The first-order valence-electron chi connectivity index (χ1n) is 5.09. The summed E-state index contributed by atoms with van der Waals surface area (Å²) in [4.78, 5) is 2.39. The molecule has 0 aliphatic carbocycles. The Morgan fingerprint density at radius 3 is 2.69 bits per heavy atom. The Labute approximate surface area is 82.0 Å². The molecule has 0 unspecified atom stereocenters. The Balaban J connectivity index is 3.38. The van der Waals surface area contributed by atoms with E-state index in [0.717, 1.165) is 39.3 Å².